The molecule has 5 nitrogen and oxygen atoms in total. The Hall–Kier alpha value is -1.52. The molecule has 1 rings (SSSR count). The molecule has 102 valence electrons. The lowest BCUT2D eigenvalue weighted by molar-refractivity contribution is -0.133. The molecule has 0 saturated heterocycles. The van der Waals surface area contributed by atoms with Crippen LogP contribution in [0.2, 0.25) is 0 Å². The van der Waals surface area contributed by atoms with Gasteiger partial charge >= 0.3 is 12.1 Å². The summed E-state index contributed by atoms with van der Waals surface area (Å²) in [6.45, 7) is 8.97. The van der Waals surface area contributed by atoms with Crippen LogP contribution in [-0.2, 0) is 9.53 Å². The monoisotopic (exact) mass is 255 g/mol. The third kappa shape index (κ3) is 4.39. The summed E-state index contributed by atoms with van der Waals surface area (Å²) in [7, 11) is 0. The number of rotatable bonds is 3. The number of carbonyl (C=O) groups is 2. The van der Waals surface area contributed by atoms with E-state index in [-0.39, 0.29) is 17.5 Å². The standard InChI is InChI=1S/C13H21NO4/c1-8(11(15)16)9-5-6-10(7-9)14-12(17)18-13(2,3)4/h9-10H,1,5-7H2,2-4H3,(H,14,17)(H,15,16)/t9-,10+/m0/s1. The highest BCUT2D eigenvalue weighted by Crippen LogP contribution is 2.31. The lowest BCUT2D eigenvalue weighted by atomic mass is 9.99. The highest BCUT2D eigenvalue weighted by Gasteiger charge is 2.31. The van der Waals surface area contributed by atoms with E-state index in [1.807, 2.05) is 0 Å². The molecule has 0 aromatic heterocycles. The van der Waals surface area contributed by atoms with Crippen LogP contribution in [-0.4, -0.2) is 28.8 Å². The van der Waals surface area contributed by atoms with Gasteiger partial charge in [0, 0.05) is 11.6 Å². The van der Waals surface area contributed by atoms with Crippen molar-refractivity contribution >= 4 is 12.1 Å². The van der Waals surface area contributed by atoms with E-state index in [1.54, 1.807) is 20.8 Å². The summed E-state index contributed by atoms with van der Waals surface area (Å²) in [6, 6.07) is -0.0269. The van der Waals surface area contributed by atoms with E-state index in [4.69, 9.17) is 9.84 Å². The second-order valence-corrected chi connectivity index (χ2v) is 5.68. The van der Waals surface area contributed by atoms with Crippen molar-refractivity contribution in [2.24, 2.45) is 5.92 Å². The molecule has 1 fully saturated rings. The van der Waals surface area contributed by atoms with Crippen molar-refractivity contribution in [3.05, 3.63) is 12.2 Å². The molecule has 0 unspecified atom stereocenters. The Kier molecular flexibility index (Phi) is 4.38. The molecule has 0 aromatic carbocycles. The van der Waals surface area contributed by atoms with Crippen LogP contribution in [0.3, 0.4) is 0 Å². The molecule has 2 atom stereocenters. The lowest BCUT2D eigenvalue weighted by Crippen LogP contribution is -2.38. The number of alkyl carbamates (subject to hydrolysis) is 1. The van der Waals surface area contributed by atoms with Gasteiger partial charge in [-0.15, -0.1) is 0 Å². The van der Waals surface area contributed by atoms with Crippen molar-refractivity contribution in [3.8, 4) is 0 Å². The third-order valence-electron chi connectivity index (χ3n) is 2.92. The number of carboxylic acids is 1. The highest BCUT2D eigenvalue weighted by atomic mass is 16.6. The second kappa shape index (κ2) is 5.42. The average molecular weight is 255 g/mol. The average Bonchev–Trinajstić information content (AvgIpc) is 2.61. The predicted molar refractivity (Wildman–Crippen MR) is 67.3 cm³/mol. The molecule has 1 aliphatic carbocycles. The molecular weight excluding hydrogens is 234 g/mol. The van der Waals surface area contributed by atoms with Gasteiger partial charge in [0.2, 0.25) is 0 Å². The molecule has 0 aliphatic heterocycles. The van der Waals surface area contributed by atoms with Crippen LogP contribution in [0.1, 0.15) is 40.0 Å². The Morgan fingerprint density at radius 3 is 2.44 bits per heavy atom. The quantitative estimate of drug-likeness (QED) is 0.759. The van der Waals surface area contributed by atoms with Crippen molar-refractivity contribution in [2.75, 3.05) is 0 Å². The molecule has 0 bridgehead atoms. The van der Waals surface area contributed by atoms with Crippen molar-refractivity contribution in [1.82, 2.24) is 5.32 Å². The Morgan fingerprint density at radius 1 is 1.33 bits per heavy atom. The second-order valence-electron chi connectivity index (χ2n) is 5.68. The van der Waals surface area contributed by atoms with Crippen LogP contribution in [0.25, 0.3) is 0 Å². The van der Waals surface area contributed by atoms with Crippen LogP contribution in [0, 0.1) is 5.92 Å². The first-order valence-corrected chi connectivity index (χ1v) is 6.10. The maximum atomic E-state index is 11.6. The summed E-state index contributed by atoms with van der Waals surface area (Å²) in [5, 5.41) is 11.6. The number of amides is 1. The largest absolute Gasteiger partial charge is 0.478 e. The fourth-order valence-corrected chi connectivity index (χ4v) is 2.08. The van der Waals surface area contributed by atoms with Crippen molar-refractivity contribution in [3.63, 3.8) is 0 Å². The van der Waals surface area contributed by atoms with E-state index < -0.39 is 17.7 Å². The van der Waals surface area contributed by atoms with Crippen molar-refractivity contribution in [1.29, 1.82) is 0 Å². The number of aliphatic carboxylic acids is 1. The minimum Gasteiger partial charge on any atom is -0.478 e. The molecule has 0 aromatic rings. The van der Waals surface area contributed by atoms with E-state index in [9.17, 15) is 9.59 Å². The van der Waals surface area contributed by atoms with Gasteiger partial charge in [-0.3, -0.25) is 0 Å². The number of nitrogens with one attached hydrogen (secondary N) is 1. The van der Waals surface area contributed by atoms with Gasteiger partial charge in [-0.2, -0.15) is 0 Å². The first kappa shape index (κ1) is 14.5. The molecule has 1 saturated carbocycles. The summed E-state index contributed by atoms with van der Waals surface area (Å²) in [5.41, 5.74) is -0.296. The Balaban J connectivity index is 2.41. The van der Waals surface area contributed by atoms with E-state index >= 15 is 0 Å². The summed E-state index contributed by atoms with van der Waals surface area (Å²) < 4.78 is 5.15. The minimum absolute atomic E-state index is 0.0269. The Labute approximate surface area is 107 Å². The van der Waals surface area contributed by atoms with Crippen molar-refractivity contribution < 1.29 is 19.4 Å². The van der Waals surface area contributed by atoms with E-state index in [0.29, 0.717) is 6.42 Å². The minimum atomic E-state index is -0.960. The van der Waals surface area contributed by atoms with E-state index in [2.05, 4.69) is 11.9 Å². The van der Waals surface area contributed by atoms with Gasteiger partial charge < -0.3 is 15.2 Å². The number of hydrogen-bond acceptors (Lipinski definition) is 3. The van der Waals surface area contributed by atoms with Gasteiger partial charge in [0.25, 0.3) is 0 Å². The maximum Gasteiger partial charge on any atom is 0.407 e. The van der Waals surface area contributed by atoms with E-state index in [1.165, 1.54) is 0 Å². The fraction of sp³-hybridized carbons (Fsp3) is 0.692. The molecule has 5 heteroatoms. The zero-order valence-electron chi connectivity index (χ0n) is 11.2. The Morgan fingerprint density at radius 2 is 1.94 bits per heavy atom. The van der Waals surface area contributed by atoms with Crippen molar-refractivity contribution in [2.45, 2.75) is 51.7 Å². The normalized spacial score (nSPS) is 23.5. The highest BCUT2D eigenvalue weighted by molar-refractivity contribution is 5.86. The summed E-state index contributed by atoms with van der Waals surface area (Å²) in [6.07, 6.45) is 1.67. The smallest absolute Gasteiger partial charge is 0.407 e. The summed E-state index contributed by atoms with van der Waals surface area (Å²) in [5.74, 6) is -1.01. The van der Waals surface area contributed by atoms with Gasteiger partial charge in [-0.25, -0.2) is 9.59 Å². The van der Waals surface area contributed by atoms with Gasteiger partial charge in [0.15, 0.2) is 0 Å². The number of carbonyl (C=O) groups excluding carboxylic acids is 1. The summed E-state index contributed by atoms with van der Waals surface area (Å²) in [4.78, 5) is 22.3. The van der Waals surface area contributed by atoms with Crippen LogP contribution in [0.5, 0.6) is 0 Å². The van der Waals surface area contributed by atoms with Crippen LogP contribution >= 0.6 is 0 Å². The molecule has 18 heavy (non-hydrogen) atoms. The molecule has 0 spiro atoms. The first-order chi connectivity index (χ1) is 8.19. The summed E-state index contributed by atoms with van der Waals surface area (Å²) >= 11 is 0. The number of ether oxygens (including phenoxy) is 1. The molecular formula is C13H21NO4. The van der Waals surface area contributed by atoms with Crippen LogP contribution < -0.4 is 5.32 Å². The number of carboxylic acid groups (broad SMARTS) is 1. The molecule has 0 radical (unpaired) electrons. The predicted octanol–water partition coefficient (Wildman–Crippen LogP) is 2.32. The molecule has 2 N–H and O–H groups in total. The Bertz CT molecular complexity index is 356. The van der Waals surface area contributed by atoms with Gasteiger partial charge in [-0.1, -0.05) is 6.58 Å². The first-order valence-electron chi connectivity index (χ1n) is 6.10. The third-order valence-corrected chi connectivity index (χ3v) is 2.92. The van der Waals surface area contributed by atoms with Gasteiger partial charge in [0.05, 0.1) is 0 Å². The van der Waals surface area contributed by atoms with Crippen LogP contribution in [0.15, 0.2) is 12.2 Å². The zero-order chi connectivity index (χ0) is 13.9. The van der Waals surface area contributed by atoms with E-state index in [0.717, 1.165) is 12.8 Å². The SMILES string of the molecule is C=C(C(=O)O)[C@H]1CC[C@@H](NC(=O)OC(C)(C)C)C1. The molecule has 1 aliphatic rings. The maximum absolute atomic E-state index is 11.6. The number of hydrogen-bond donors (Lipinski definition) is 2. The van der Waals surface area contributed by atoms with Crippen LogP contribution in [0.4, 0.5) is 4.79 Å². The topological polar surface area (TPSA) is 75.6 Å². The van der Waals surface area contributed by atoms with Gasteiger partial charge in [0.1, 0.15) is 5.60 Å². The molecule has 1 amide bonds. The van der Waals surface area contributed by atoms with Gasteiger partial charge in [-0.05, 0) is 46.0 Å². The fourth-order valence-electron chi connectivity index (χ4n) is 2.08. The molecule has 0 heterocycles. The lowest BCUT2D eigenvalue weighted by Gasteiger charge is -2.21. The zero-order valence-corrected chi connectivity index (χ0v) is 11.2.